The van der Waals surface area contributed by atoms with Crippen molar-refractivity contribution in [3.8, 4) is 5.88 Å². The molecule has 20 heavy (non-hydrogen) atoms. The summed E-state index contributed by atoms with van der Waals surface area (Å²) in [5, 5.41) is 9.11. The lowest BCUT2D eigenvalue weighted by atomic mass is 10.2. The smallest absolute Gasteiger partial charge is 0.322 e. The second-order valence-corrected chi connectivity index (χ2v) is 6.43. The van der Waals surface area contributed by atoms with E-state index in [1.54, 1.807) is 13.0 Å². The summed E-state index contributed by atoms with van der Waals surface area (Å²) in [7, 11) is -2.59. The van der Waals surface area contributed by atoms with Crippen LogP contribution in [0.15, 0.2) is 17.0 Å². The number of sulfonamides is 1. The zero-order chi connectivity index (χ0) is 14.9. The third-order valence-electron chi connectivity index (χ3n) is 3.23. The fourth-order valence-corrected chi connectivity index (χ4v) is 4.01. The highest BCUT2D eigenvalue weighted by atomic mass is 32.2. The highest BCUT2D eigenvalue weighted by Crippen LogP contribution is 2.30. The molecule has 1 N–H and O–H groups in total. The van der Waals surface area contributed by atoms with Gasteiger partial charge in [-0.05, 0) is 31.9 Å². The van der Waals surface area contributed by atoms with Crippen molar-refractivity contribution in [1.29, 1.82) is 0 Å². The van der Waals surface area contributed by atoms with E-state index in [0.717, 1.165) is 4.31 Å². The summed E-state index contributed by atoms with van der Waals surface area (Å²) in [6.07, 6.45) is 0.841. The second kappa shape index (κ2) is 5.37. The Balaban J connectivity index is 2.47. The van der Waals surface area contributed by atoms with Crippen LogP contribution in [0.1, 0.15) is 18.5 Å². The molecule has 1 fully saturated rings. The van der Waals surface area contributed by atoms with Crippen LogP contribution >= 0.6 is 0 Å². The highest BCUT2D eigenvalue weighted by Gasteiger charge is 2.40. The molecule has 1 atom stereocenters. The van der Waals surface area contributed by atoms with E-state index in [1.807, 2.05) is 0 Å². The van der Waals surface area contributed by atoms with Crippen LogP contribution in [0.4, 0.5) is 0 Å². The average Bonchev–Trinajstić information content (AvgIpc) is 2.88. The first-order valence-corrected chi connectivity index (χ1v) is 7.58. The normalized spacial score (nSPS) is 20.0. The number of rotatable bonds is 4. The van der Waals surface area contributed by atoms with Gasteiger partial charge in [0, 0.05) is 12.2 Å². The molecule has 0 saturated carbocycles. The van der Waals surface area contributed by atoms with E-state index in [2.05, 4.69) is 4.98 Å². The summed E-state index contributed by atoms with van der Waals surface area (Å²) < 4.78 is 31.2. The molecule has 1 aromatic heterocycles. The lowest BCUT2D eigenvalue weighted by Crippen LogP contribution is -2.40. The Morgan fingerprint density at radius 1 is 1.50 bits per heavy atom. The number of methoxy groups -OCH3 is 1. The molecule has 0 spiro atoms. The Morgan fingerprint density at radius 3 is 2.80 bits per heavy atom. The lowest BCUT2D eigenvalue weighted by molar-refractivity contribution is -0.140. The summed E-state index contributed by atoms with van der Waals surface area (Å²) in [4.78, 5) is 15.1. The molecule has 0 unspecified atom stereocenters. The molecule has 1 aromatic rings. The van der Waals surface area contributed by atoms with Crippen LogP contribution in [0, 0.1) is 6.92 Å². The molecular weight excluding hydrogens is 284 g/mol. The predicted molar refractivity (Wildman–Crippen MR) is 70.1 cm³/mol. The molecule has 1 aliphatic rings. The summed E-state index contributed by atoms with van der Waals surface area (Å²) in [6.45, 7) is 1.91. The number of aryl methyl sites for hydroxylation is 1. The quantitative estimate of drug-likeness (QED) is 0.876. The van der Waals surface area contributed by atoms with Gasteiger partial charge in [-0.15, -0.1) is 0 Å². The molecule has 2 rings (SSSR count). The van der Waals surface area contributed by atoms with Gasteiger partial charge >= 0.3 is 5.97 Å². The SMILES string of the molecule is COc1nc(C)ccc1S(=O)(=O)N1CCC[C@H]1C(=O)O. The number of carbonyl (C=O) groups is 1. The first-order chi connectivity index (χ1) is 9.37. The zero-order valence-electron chi connectivity index (χ0n) is 11.2. The number of aromatic nitrogens is 1. The molecule has 0 amide bonds. The van der Waals surface area contributed by atoms with Crippen molar-refractivity contribution < 1.29 is 23.1 Å². The van der Waals surface area contributed by atoms with Crippen LogP contribution in [0.5, 0.6) is 5.88 Å². The van der Waals surface area contributed by atoms with Gasteiger partial charge in [-0.25, -0.2) is 13.4 Å². The minimum absolute atomic E-state index is 0.0129. The topological polar surface area (TPSA) is 96.8 Å². The van der Waals surface area contributed by atoms with Crippen LogP contribution in [-0.2, 0) is 14.8 Å². The molecular formula is C12H16N2O5S. The Bertz CT molecular complexity index is 629. The molecule has 0 aliphatic carbocycles. The van der Waals surface area contributed by atoms with Crippen LogP contribution in [0.2, 0.25) is 0 Å². The number of carboxylic acid groups (broad SMARTS) is 1. The molecule has 7 nitrogen and oxygen atoms in total. The third-order valence-corrected chi connectivity index (χ3v) is 5.15. The van der Waals surface area contributed by atoms with Gasteiger partial charge in [0.1, 0.15) is 10.9 Å². The Morgan fingerprint density at radius 2 is 2.20 bits per heavy atom. The monoisotopic (exact) mass is 300 g/mol. The number of hydrogen-bond donors (Lipinski definition) is 1. The highest BCUT2D eigenvalue weighted by molar-refractivity contribution is 7.89. The van der Waals surface area contributed by atoms with Crippen LogP contribution < -0.4 is 4.74 Å². The first-order valence-electron chi connectivity index (χ1n) is 6.14. The van der Waals surface area contributed by atoms with Crippen molar-refractivity contribution >= 4 is 16.0 Å². The summed E-state index contributed by atoms with van der Waals surface area (Å²) >= 11 is 0. The van der Waals surface area contributed by atoms with Crippen LogP contribution in [0.3, 0.4) is 0 Å². The van der Waals surface area contributed by atoms with E-state index in [0.29, 0.717) is 18.5 Å². The fourth-order valence-electron chi connectivity index (χ4n) is 2.26. The zero-order valence-corrected chi connectivity index (χ0v) is 12.1. The van der Waals surface area contributed by atoms with E-state index in [4.69, 9.17) is 9.84 Å². The minimum Gasteiger partial charge on any atom is -0.480 e. The molecule has 0 bridgehead atoms. The molecule has 0 aromatic carbocycles. The summed E-state index contributed by atoms with van der Waals surface area (Å²) in [5.41, 5.74) is 0.622. The minimum atomic E-state index is -3.93. The second-order valence-electron chi connectivity index (χ2n) is 4.57. The summed E-state index contributed by atoms with van der Waals surface area (Å²) in [5.74, 6) is -1.15. The predicted octanol–water partition coefficient (Wildman–Crippen LogP) is 0.636. The van der Waals surface area contributed by atoms with Crippen LogP contribution in [-0.4, -0.2) is 48.5 Å². The van der Waals surface area contributed by atoms with Gasteiger partial charge in [0.25, 0.3) is 0 Å². The van der Waals surface area contributed by atoms with Gasteiger partial charge in [0.15, 0.2) is 0 Å². The maximum Gasteiger partial charge on any atom is 0.322 e. The number of hydrogen-bond acceptors (Lipinski definition) is 5. The summed E-state index contributed by atoms with van der Waals surface area (Å²) in [6, 6.07) is 1.93. The Labute approximate surface area is 117 Å². The Hall–Kier alpha value is -1.67. The van der Waals surface area contributed by atoms with Gasteiger partial charge in [0.05, 0.1) is 7.11 Å². The van der Waals surface area contributed by atoms with E-state index < -0.39 is 22.0 Å². The first kappa shape index (κ1) is 14.7. The van der Waals surface area contributed by atoms with Gasteiger partial charge in [-0.2, -0.15) is 4.31 Å². The van der Waals surface area contributed by atoms with Crippen molar-refractivity contribution in [2.24, 2.45) is 0 Å². The van der Waals surface area contributed by atoms with Crippen molar-refractivity contribution in [3.63, 3.8) is 0 Å². The molecule has 2 heterocycles. The molecule has 1 aliphatic heterocycles. The number of ether oxygens (including phenoxy) is 1. The van der Waals surface area contributed by atoms with Gasteiger partial charge < -0.3 is 9.84 Å². The largest absolute Gasteiger partial charge is 0.480 e. The number of carboxylic acids is 1. The average molecular weight is 300 g/mol. The number of pyridine rings is 1. The molecule has 110 valence electrons. The van der Waals surface area contributed by atoms with Gasteiger partial charge in [-0.1, -0.05) is 0 Å². The molecule has 1 saturated heterocycles. The maximum atomic E-state index is 12.6. The lowest BCUT2D eigenvalue weighted by Gasteiger charge is -2.21. The third kappa shape index (κ3) is 2.48. The van der Waals surface area contributed by atoms with Crippen molar-refractivity contribution in [1.82, 2.24) is 9.29 Å². The van der Waals surface area contributed by atoms with E-state index >= 15 is 0 Å². The van der Waals surface area contributed by atoms with Crippen molar-refractivity contribution in [3.05, 3.63) is 17.8 Å². The van der Waals surface area contributed by atoms with Gasteiger partial charge in [0.2, 0.25) is 15.9 Å². The molecule has 0 radical (unpaired) electrons. The molecule has 8 heteroatoms. The Kier molecular flexibility index (Phi) is 3.96. The van der Waals surface area contributed by atoms with E-state index in [-0.39, 0.29) is 17.3 Å². The standard InChI is InChI=1S/C12H16N2O5S/c1-8-5-6-10(11(13-8)19-2)20(17,18)14-7-3-4-9(14)12(15)16/h5-6,9H,3-4,7H2,1-2H3,(H,15,16)/t9-/m0/s1. The van der Waals surface area contributed by atoms with E-state index in [9.17, 15) is 13.2 Å². The maximum absolute atomic E-state index is 12.6. The number of nitrogens with zero attached hydrogens (tertiary/aromatic N) is 2. The van der Waals surface area contributed by atoms with E-state index in [1.165, 1.54) is 13.2 Å². The van der Waals surface area contributed by atoms with Crippen molar-refractivity contribution in [2.45, 2.75) is 30.7 Å². The van der Waals surface area contributed by atoms with Crippen molar-refractivity contribution in [2.75, 3.05) is 13.7 Å². The van der Waals surface area contributed by atoms with Crippen LogP contribution in [0.25, 0.3) is 0 Å². The fraction of sp³-hybridized carbons (Fsp3) is 0.500. The number of aliphatic carboxylic acids is 1. The van der Waals surface area contributed by atoms with Gasteiger partial charge in [-0.3, -0.25) is 4.79 Å².